The molecule has 0 atom stereocenters. The molecule has 144 valence electrons. The zero-order chi connectivity index (χ0) is 18.6. The molecule has 1 aromatic carbocycles. The molecule has 6 heteroatoms. The lowest BCUT2D eigenvalue weighted by Crippen LogP contribution is -2.38. The maximum absolute atomic E-state index is 12.7. The van der Waals surface area contributed by atoms with Crippen LogP contribution in [0.3, 0.4) is 0 Å². The number of benzene rings is 1. The van der Waals surface area contributed by atoms with Crippen molar-refractivity contribution in [3.05, 3.63) is 30.3 Å². The van der Waals surface area contributed by atoms with Crippen molar-refractivity contribution in [1.29, 1.82) is 0 Å². The van der Waals surface area contributed by atoms with Crippen LogP contribution in [0.5, 0.6) is 5.75 Å². The molecule has 0 bridgehead atoms. The van der Waals surface area contributed by atoms with Crippen LogP contribution in [-0.4, -0.2) is 54.3 Å². The number of anilines is 1. The van der Waals surface area contributed by atoms with Gasteiger partial charge in [0.1, 0.15) is 5.75 Å². The number of H-pyrrole nitrogens is 1. The van der Waals surface area contributed by atoms with Gasteiger partial charge in [0.15, 0.2) is 5.82 Å². The molecule has 0 radical (unpaired) electrons. The van der Waals surface area contributed by atoms with Gasteiger partial charge in [-0.3, -0.25) is 9.89 Å². The van der Waals surface area contributed by atoms with E-state index in [1.165, 1.54) is 12.8 Å². The Morgan fingerprint density at radius 2 is 1.85 bits per heavy atom. The van der Waals surface area contributed by atoms with Crippen molar-refractivity contribution in [3.63, 3.8) is 0 Å². The minimum Gasteiger partial charge on any atom is -0.497 e. The predicted octanol–water partition coefficient (Wildman–Crippen LogP) is 3.31. The summed E-state index contributed by atoms with van der Waals surface area (Å²) in [6.07, 6.45) is 5.55. The van der Waals surface area contributed by atoms with Crippen LogP contribution in [0.25, 0.3) is 11.3 Å². The fourth-order valence-corrected chi connectivity index (χ4v) is 4.19. The number of hydrogen-bond donors (Lipinski definition) is 1. The zero-order valence-corrected chi connectivity index (χ0v) is 16.0. The van der Waals surface area contributed by atoms with Crippen molar-refractivity contribution in [2.24, 2.45) is 5.92 Å². The number of hydrogen-bond acceptors (Lipinski definition) is 4. The molecule has 2 fully saturated rings. The Kier molecular flexibility index (Phi) is 5.32. The van der Waals surface area contributed by atoms with Gasteiger partial charge in [-0.05, 0) is 49.1 Å². The van der Waals surface area contributed by atoms with E-state index >= 15 is 0 Å². The number of nitrogens with one attached hydrogen (secondary N) is 1. The fourth-order valence-electron chi connectivity index (χ4n) is 4.19. The van der Waals surface area contributed by atoms with Crippen molar-refractivity contribution >= 4 is 11.7 Å². The summed E-state index contributed by atoms with van der Waals surface area (Å²) in [5.41, 5.74) is 2.08. The molecule has 1 N–H and O–H groups in total. The van der Waals surface area contributed by atoms with Gasteiger partial charge in [0, 0.05) is 38.2 Å². The summed E-state index contributed by atoms with van der Waals surface area (Å²) in [6.45, 7) is 3.42. The lowest BCUT2D eigenvalue weighted by molar-refractivity contribution is -0.135. The SMILES string of the molecule is COc1ccc(-c2cc(N3CCCN(C(=O)C4CCCC4)CC3)n[nH]2)cc1. The number of rotatable bonds is 4. The zero-order valence-electron chi connectivity index (χ0n) is 16.0. The van der Waals surface area contributed by atoms with Gasteiger partial charge in [0.05, 0.1) is 12.8 Å². The summed E-state index contributed by atoms with van der Waals surface area (Å²) >= 11 is 0. The van der Waals surface area contributed by atoms with Gasteiger partial charge in [-0.25, -0.2) is 0 Å². The smallest absolute Gasteiger partial charge is 0.225 e. The van der Waals surface area contributed by atoms with Gasteiger partial charge in [-0.1, -0.05) is 12.8 Å². The van der Waals surface area contributed by atoms with Gasteiger partial charge in [0.2, 0.25) is 5.91 Å². The number of carbonyl (C=O) groups is 1. The predicted molar refractivity (Wildman–Crippen MR) is 106 cm³/mol. The molecule has 1 amide bonds. The molecule has 6 nitrogen and oxygen atoms in total. The molecule has 2 aliphatic rings. The van der Waals surface area contributed by atoms with E-state index < -0.39 is 0 Å². The first-order valence-corrected chi connectivity index (χ1v) is 9.98. The third-order valence-corrected chi connectivity index (χ3v) is 5.80. The van der Waals surface area contributed by atoms with E-state index in [0.29, 0.717) is 5.91 Å². The first-order valence-electron chi connectivity index (χ1n) is 9.98. The molecule has 4 rings (SSSR count). The molecule has 2 heterocycles. The summed E-state index contributed by atoms with van der Waals surface area (Å²) in [6, 6.07) is 10.1. The van der Waals surface area contributed by atoms with E-state index in [2.05, 4.69) is 26.1 Å². The number of aromatic amines is 1. The minimum atomic E-state index is 0.267. The molecular formula is C21H28N4O2. The quantitative estimate of drug-likeness (QED) is 0.899. The molecule has 2 aromatic rings. The van der Waals surface area contributed by atoms with Crippen molar-refractivity contribution in [2.45, 2.75) is 32.1 Å². The van der Waals surface area contributed by atoms with Crippen LogP contribution >= 0.6 is 0 Å². The Morgan fingerprint density at radius 1 is 1.07 bits per heavy atom. The van der Waals surface area contributed by atoms with Crippen LogP contribution in [0.1, 0.15) is 32.1 Å². The van der Waals surface area contributed by atoms with Gasteiger partial charge < -0.3 is 14.5 Å². The lowest BCUT2D eigenvalue weighted by Gasteiger charge is -2.24. The van der Waals surface area contributed by atoms with E-state index in [-0.39, 0.29) is 5.92 Å². The first kappa shape index (κ1) is 17.9. The highest BCUT2D eigenvalue weighted by atomic mass is 16.5. The topological polar surface area (TPSA) is 61.5 Å². The first-order chi connectivity index (χ1) is 13.2. The van der Waals surface area contributed by atoms with Gasteiger partial charge >= 0.3 is 0 Å². The Balaban J connectivity index is 1.40. The molecule has 1 aliphatic carbocycles. The fraction of sp³-hybridized carbons (Fsp3) is 0.524. The molecule has 0 spiro atoms. The molecule has 27 heavy (non-hydrogen) atoms. The highest BCUT2D eigenvalue weighted by Gasteiger charge is 2.28. The third kappa shape index (κ3) is 3.94. The normalized spacial score (nSPS) is 18.6. The number of carbonyl (C=O) groups excluding carboxylic acids is 1. The highest BCUT2D eigenvalue weighted by Crippen LogP contribution is 2.28. The van der Waals surface area contributed by atoms with Crippen LogP contribution in [0, 0.1) is 5.92 Å². The molecule has 1 saturated heterocycles. The third-order valence-electron chi connectivity index (χ3n) is 5.80. The monoisotopic (exact) mass is 368 g/mol. The van der Waals surface area contributed by atoms with E-state index in [9.17, 15) is 4.79 Å². The van der Waals surface area contributed by atoms with Crippen LogP contribution in [0.4, 0.5) is 5.82 Å². The van der Waals surface area contributed by atoms with Crippen molar-refractivity contribution in [3.8, 4) is 17.0 Å². The molecule has 0 unspecified atom stereocenters. The highest BCUT2D eigenvalue weighted by molar-refractivity contribution is 5.79. The largest absolute Gasteiger partial charge is 0.497 e. The van der Waals surface area contributed by atoms with Crippen molar-refractivity contribution in [2.75, 3.05) is 38.2 Å². The molecule has 1 aliphatic heterocycles. The van der Waals surface area contributed by atoms with E-state index in [1.807, 2.05) is 24.3 Å². The number of methoxy groups -OCH3 is 1. The molecule has 1 saturated carbocycles. The Morgan fingerprint density at radius 3 is 2.59 bits per heavy atom. The van der Waals surface area contributed by atoms with E-state index in [4.69, 9.17) is 4.74 Å². The lowest BCUT2D eigenvalue weighted by atomic mass is 10.1. The van der Waals surface area contributed by atoms with E-state index in [1.54, 1.807) is 7.11 Å². The molecule has 1 aromatic heterocycles. The van der Waals surface area contributed by atoms with Crippen LogP contribution < -0.4 is 9.64 Å². The number of ether oxygens (including phenoxy) is 1. The van der Waals surface area contributed by atoms with Gasteiger partial charge in [-0.2, -0.15) is 5.10 Å². The van der Waals surface area contributed by atoms with Crippen LogP contribution in [0.15, 0.2) is 30.3 Å². The van der Waals surface area contributed by atoms with Crippen LogP contribution in [-0.2, 0) is 4.79 Å². The Bertz CT molecular complexity index is 765. The second-order valence-electron chi connectivity index (χ2n) is 7.52. The standard InChI is InChI=1S/C21H28N4O2/c1-27-18-9-7-16(8-10-18)19-15-20(23-22-19)24-11-4-12-25(14-13-24)21(26)17-5-2-3-6-17/h7-10,15,17H,2-6,11-14H2,1H3,(H,22,23). The second kappa shape index (κ2) is 8.03. The van der Waals surface area contributed by atoms with Crippen molar-refractivity contribution in [1.82, 2.24) is 15.1 Å². The molecular weight excluding hydrogens is 340 g/mol. The van der Waals surface area contributed by atoms with Crippen molar-refractivity contribution < 1.29 is 9.53 Å². The average Bonchev–Trinajstić information content (AvgIpc) is 3.36. The summed E-state index contributed by atoms with van der Waals surface area (Å²) in [7, 11) is 1.67. The summed E-state index contributed by atoms with van der Waals surface area (Å²) < 4.78 is 5.22. The summed E-state index contributed by atoms with van der Waals surface area (Å²) in [5.74, 6) is 2.44. The number of aromatic nitrogens is 2. The summed E-state index contributed by atoms with van der Waals surface area (Å²) in [4.78, 5) is 17.1. The maximum atomic E-state index is 12.7. The van der Waals surface area contributed by atoms with Gasteiger partial charge in [0.25, 0.3) is 0 Å². The average molecular weight is 368 g/mol. The van der Waals surface area contributed by atoms with Crippen LogP contribution in [0.2, 0.25) is 0 Å². The number of amides is 1. The Labute approximate surface area is 160 Å². The second-order valence-corrected chi connectivity index (χ2v) is 7.52. The summed E-state index contributed by atoms with van der Waals surface area (Å²) in [5, 5.41) is 7.66. The minimum absolute atomic E-state index is 0.267. The van der Waals surface area contributed by atoms with Gasteiger partial charge in [-0.15, -0.1) is 0 Å². The number of nitrogens with zero attached hydrogens (tertiary/aromatic N) is 3. The van der Waals surface area contributed by atoms with E-state index in [0.717, 1.165) is 68.3 Å². The maximum Gasteiger partial charge on any atom is 0.225 e. The Hall–Kier alpha value is -2.50.